The molecular formula is C11H17N3O. The lowest BCUT2D eigenvalue weighted by atomic mass is 10.2. The third-order valence-electron chi connectivity index (χ3n) is 2.77. The minimum absolute atomic E-state index is 0.135. The number of carbonyl (C=O) groups is 1. The third kappa shape index (κ3) is 1.89. The molecular weight excluding hydrogens is 190 g/mol. The van der Waals surface area contributed by atoms with Crippen molar-refractivity contribution in [3.63, 3.8) is 0 Å². The number of hydrogen-bond donors (Lipinski definition) is 0. The van der Waals surface area contributed by atoms with E-state index in [0.29, 0.717) is 0 Å². The Morgan fingerprint density at radius 3 is 3.00 bits per heavy atom. The molecule has 1 aromatic rings. The number of carbonyl (C=O) groups excluding carboxylic acids is 1. The van der Waals surface area contributed by atoms with Gasteiger partial charge in [-0.15, -0.1) is 0 Å². The molecule has 0 aromatic carbocycles. The van der Waals surface area contributed by atoms with E-state index in [1.54, 1.807) is 0 Å². The van der Waals surface area contributed by atoms with Crippen LogP contribution in [-0.2, 0) is 6.54 Å². The van der Waals surface area contributed by atoms with E-state index < -0.39 is 0 Å². The van der Waals surface area contributed by atoms with Crippen LogP contribution in [0.5, 0.6) is 0 Å². The second-order valence-corrected chi connectivity index (χ2v) is 4.04. The summed E-state index contributed by atoms with van der Waals surface area (Å²) in [7, 11) is 0. The van der Waals surface area contributed by atoms with E-state index in [2.05, 4.69) is 12.0 Å². The minimum Gasteiger partial charge on any atom is -0.335 e. The van der Waals surface area contributed by atoms with Gasteiger partial charge in [0.05, 0.1) is 12.2 Å². The van der Waals surface area contributed by atoms with Crippen molar-refractivity contribution in [3.8, 4) is 0 Å². The zero-order valence-electron chi connectivity index (χ0n) is 9.36. The van der Waals surface area contributed by atoms with Crippen LogP contribution in [0.4, 0.5) is 0 Å². The summed E-state index contributed by atoms with van der Waals surface area (Å²) in [6.07, 6.45) is 2.21. The molecule has 2 heterocycles. The summed E-state index contributed by atoms with van der Waals surface area (Å²) < 4.78 is 1.82. The van der Waals surface area contributed by atoms with Gasteiger partial charge in [-0.3, -0.25) is 9.48 Å². The van der Waals surface area contributed by atoms with E-state index in [0.717, 1.165) is 43.9 Å². The van der Waals surface area contributed by atoms with Crippen LogP contribution in [0.2, 0.25) is 0 Å². The number of nitrogens with zero attached hydrogens (tertiary/aromatic N) is 3. The molecule has 1 amide bonds. The Labute approximate surface area is 89.9 Å². The lowest BCUT2D eigenvalue weighted by molar-refractivity contribution is 0.0695. The van der Waals surface area contributed by atoms with Crippen molar-refractivity contribution in [2.24, 2.45) is 0 Å². The first-order valence-corrected chi connectivity index (χ1v) is 5.56. The molecule has 4 nitrogen and oxygen atoms in total. The van der Waals surface area contributed by atoms with Gasteiger partial charge in [-0.05, 0) is 19.4 Å². The summed E-state index contributed by atoms with van der Waals surface area (Å²) in [6, 6.07) is 1.88. The molecule has 0 aliphatic carbocycles. The van der Waals surface area contributed by atoms with Gasteiger partial charge in [0, 0.05) is 13.1 Å². The monoisotopic (exact) mass is 207 g/mol. The van der Waals surface area contributed by atoms with Crippen molar-refractivity contribution in [1.82, 2.24) is 14.7 Å². The highest BCUT2D eigenvalue weighted by Crippen LogP contribution is 2.13. The molecule has 0 bridgehead atoms. The SMILES string of the molecule is CCCCN1CCn2nc(C)cc2C1=O. The molecule has 1 aromatic heterocycles. The molecule has 0 spiro atoms. The first-order chi connectivity index (χ1) is 7.22. The van der Waals surface area contributed by atoms with Crippen LogP contribution in [0.3, 0.4) is 0 Å². The lowest BCUT2D eigenvalue weighted by Gasteiger charge is -2.27. The molecule has 82 valence electrons. The second kappa shape index (κ2) is 4.04. The molecule has 2 rings (SSSR count). The summed E-state index contributed by atoms with van der Waals surface area (Å²) >= 11 is 0. The molecule has 4 heteroatoms. The van der Waals surface area contributed by atoms with Crippen LogP contribution in [0, 0.1) is 6.92 Å². The highest BCUT2D eigenvalue weighted by atomic mass is 16.2. The van der Waals surface area contributed by atoms with Gasteiger partial charge in [0.25, 0.3) is 5.91 Å². The standard InChI is InChI=1S/C11H17N3O/c1-3-4-5-13-6-7-14-10(11(13)15)8-9(2)12-14/h8H,3-7H2,1-2H3. The molecule has 0 saturated carbocycles. The molecule has 0 saturated heterocycles. The number of fused-ring (bicyclic) bond motifs is 1. The zero-order chi connectivity index (χ0) is 10.8. The zero-order valence-corrected chi connectivity index (χ0v) is 9.36. The van der Waals surface area contributed by atoms with Crippen molar-refractivity contribution in [3.05, 3.63) is 17.5 Å². The molecule has 0 unspecified atom stereocenters. The van der Waals surface area contributed by atoms with Gasteiger partial charge < -0.3 is 4.90 Å². The van der Waals surface area contributed by atoms with Crippen LogP contribution in [0.25, 0.3) is 0 Å². The summed E-state index contributed by atoms with van der Waals surface area (Å²) in [5.74, 6) is 0.135. The summed E-state index contributed by atoms with van der Waals surface area (Å²) in [4.78, 5) is 13.9. The van der Waals surface area contributed by atoms with Crippen molar-refractivity contribution in [2.75, 3.05) is 13.1 Å². The normalized spacial score (nSPS) is 15.6. The molecule has 0 radical (unpaired) electrons. The average molecular weight is 207 g/mol. The minimum atomic E-state index is 0.135. The summed E-state index contributed by atoms with van der Waals surface area (Å²) in [5.41, 5.74) is 1.67. The Kier molecular flexibility index (Phi) is 2.75. The molecule has 15 heavy (non-hydrogen) atoms. The van der Waals surface area contributed by atoms with E-state index in [-0.39, 0.29) is 5.91 Å². The fraction of sp³-hybridized carbons (Fsp3) is 0.636. The maximum absolute atomic E-state index is 12.0. The summed E-state index contributed by atoms with van der Waals surface area (Å²) in [5, 5.41) is 4.29. The second-order valence-electron chi connectivity index (χ2n) is 4.04. The maximum atomic E-state index is 12.0. The van der Waals surface area contributed by atoms with Gasteiger partial charge in [-0.2, -0.15) is 5.10 Å². The lowest BCUT2D eigenvalue weighted by Crippen LogP contribution is -2.40. The van der Waals surface area contributed by atoms with Gasteiger partial charge in [0.15, 0.2) is 0 Å². The molecule has 0 N–H and O–H groups in total. The Bertz CT molecular complexity index is 370. The van der Waals surface area contributed by atoms with E-state index in [1.807, 2.05) is 22.6 Å². The fourth-order valence-electron chi connectivity index (χ4n) is 1.93. The molecule has 1 aliphatic heterocycles. The number of hydrogen-bond acceptors (Lipinski definition) is 2. The Morgan fingerprint density at radius 2 is 2.27 bits per heavy atom. The predicted molar refractivity (Wildman–Crippen MR) is 57.8 cm³/mol. The predicted octanol–water partition coefficient (Wildman–Crippen LogP) is 1.45. The van der Waals surface area contributed by atoms with Crippen molar-refractivity contribution in [1.29, 1.82) is 0 Å². The smallest absolute Gasteiger partial charge is 0.272 e. The molecule has 1 aliphatic rings. The van der Waals surface area contributed by atoms with Gasteiger partial charge >= 0.3 is 0 Å². The van der Waals surface area contributed by atoms with Crippen molar-refractivity contribution in [2.45, 2.75) is 33.2 Å². The van der Waals surface area contributed by atoms with Gasteiger partial charge in [0.1, 0.15) is 5.69 Å². The van der Waals surface area contributed by atoms with E-state index >= 15 is 0 Å². The van der Waals surface area contributed by atoms with Crippen LogP contribution in [-0.4, -0.2) is 33.7 Å². The van der Waals surface area contributed by atoms with Crippen molar-refractivity contribution < 1.29 is 4.79 Å². The summed E-state index contributed by atoms with van der Waals surface area (Å²) in [6.45, 7) is 6.57. The van der Waals surface area contributed by atoms with Crippen LogP contribution in [0.15, 0.2) is 6.07 Å². The van der Waals surface area contributed by atoms with Crippen molar-refractivity contribution >= 4 is 5.91 Å². The number of unbranched alkanes of at least 4 members (excludes halogenated alkanes) is 1. The quantitative estimate of drug-likeness (QED) is 0.752. The Balaban J connectivity index is 2.14. The van der Waals surface area contributed by atoms with Gasteiger partial charge in [0.2, 0.25) is 0 Å². The highest BCUT2D eigenvalue weighted by molar-refractivity contribution is 5.93. The molecule has 0 atom stereocenters. The van der Waals surface area contributed by atoms with Crippen LogP contribution < -0.4 is 0 Å². The van der Waals surface area contributed by atoms with E-state index in [9.17, 15) is 4.79 Å². The van der Waals surface area contributed by atoms with Crippen LogP contribution in [0.1, 0.15) is 35.9 Å². The first kappa shape index (κ1) is 10.2. The Hall–Kier alpha value is -1.32. The fourth-order valence-corrected chi connectivity index (χ4v) is 1.93. The van der Waals surface area contributed by atoms with E-state index in [1.165, 1.54) is 0 Å². The highest BCUT2D eigenvalue weighted by Gasteiger charge is 2.24. The topological polar surface area (TPSA) is 38.1 Å². The number of amides is 1. The van der Waals surface area contributed by atoms with E-state index in [4.69, 9.17) is 0 Å². The van der Waals surface area contributed by atoms with Gasteiger partial charge in [-0.25, -0.2) is 0 Å². The van der Waals surface area contributed by atoms with Crippen LogP contribution >= 0.6 is 0 Å². The number of aromatic nitrogens is 2. The number of aryl methyl sites for hydroxylation is 1. The third-order valence-corrected chi connectivity index (χ3v) is 2.77. The largest absolute Gasteiger partial charge is 0.335 e. The average Bonchev–Trinajstić information content (AvgIpc) is 2.59. The Morgan fingerprint density at radius 1 is 1.47 bits per heavy atom. The van der Waals surface area contributed by atoms with Gasteiger partial charge in [-0.1, -0.05) is 13.3 Å². The first-order valence-electron chi connectivity index (χ1n) is 5.56. The maximum Gasteiger partial charge on any atom is 0.272 e. The molecule has 0 fully saturated rings. The number of rotatable bonds is 3.